The van der Waals surface area contributed by atoms with Gasteiger partial charge in [-0.2, -0.15) is 0 Å². The van der Waals surface area contributed by atoms with Gasteiger partial charge in [-0.15, -0.1) is 0 Å². The van der Waals surface area contributed by atoms with Crippen LogP contribution in [0.1, 0.15) is 42.5 Å². The average molecular weight is 318 g/mol. The fourth-order valence-corrected chi connectivity index (χ4v) is 2.72. The van der Waals surface area contributed by atoms with E-state index >= 15 is 0 Å². The van der Waals surface area contributed by atoms with Gasteiger partial charge in [-0.25, -0.2) is 4.79 Å². The van der Waals surface area contributed by atoms with Crippen LogP contribution in [0.2, 0.25) is 0 Å². The van der Waals surface area contributed by atoms with Gasteiger partial charge in [0.05, 0.1) is 19.2 Å². The zero-order valence-corrected chi connectivity index (χ0v) is 13.3. The highest BCUT2D eigenvalue weighted by Crippen LogP contribution is 2.23. The van der Waals surface area contributed by atoms with Crippen molar-refractivity contribution in [2.24, 2.45) is 5.92 Å². The van der Waals surface area contributed by atoms with E-state index in [-0.39, 0.29) is 24.3 Å². The number of ether oxygens (including phenoxy) is 1. The Bertz CT molecular complexity index is 580. The minimum atomic E-state index is -0.466. The zero-order chi connectivity index (χ0) is 16.7. The number of benzene rings is 1. The lowest BCUT2D eigenvalue weighted by molar-refractivity contribution is -0.128. The van der Waals surface area contributed by atoms with Gasteiger partial charge in [-0.3, -0.25) is 9.59 Å². The molecule has 0 heterocycles. The van der Waals surface area contributed by atoms with E-state index in [0.29, 0.717) is 11.3 Å². The summed E-state index contributed by atoms with van der Waals surface area (Å²) in [6.45, 7) is -0.0716. The summed E-state index contributed by atoms with van der Waals surface area (Å²) in [5, 5.41) is 5.34. The smallest absolute Gasteiger partial charge is 0.337 e. The summed E-state index contributed by atoms with van der Waals surface area (Å²) >= 11 is 0. The first-order chi connectivity index (χ1) is 11.1. The molecule has 23 heavy (non-hydrogen) atoms. The highest BCUT2D eigenvalue weighted by Gasteiger charge is 2.21. The molecular formula is C17H22N2O4. The van der Waals surface area contributed by atoms with E-state index in [1.165, 1.54) is 19.6 Å². The van der Waals surface area contributed by atoms with Crippen molar-refractivity contribution >= 4 is 23.5 Å². The van der Waals surface area contributed by atoms with Gasteiger partial charge in [0.15, 0.2) is 0 Å². The number of amides is 2. The topological polar surface area (TPSA) is 84.5 Å². The van der Waals surface area contributed by atoms with Crippen molar-refractivity contribution in [2.45, 2.75) is 32.1 Å². The molecule has 0 saturated heterocycles. The molecule has 0 unspecified atom stereocenters. The fourth-order valence-electron chi connectivity index (χ4n) is 2.72. The van der Waals surface area contributed by atoms with Gasteiger partial charge >= 0.3 is 5.97 Å². The second kappa shape index (κ2) is 8.31. The van der Waals surface area contributed by atoms with Gasteiger partial charge < -0.3 is 15.4 Å². The fraction of sp³-hybridized carbons (Fsp3) is 0.471. The van der Waals surface area contributed by atoms with Crippen LogP contribution in [-0.2, 0) is 14.3 Å². The number of nitrogens with one attached hydrogen (secondary N) is 2. The Kier molecular flexibility index (Phi) is 6.14. The van der Waals surface area contributed by atoms with Gasteiger partial charge in [0, 0.05) is 11.6 Å². The molecule has 1 aliphatic carbocycles. The monoisotopic (exact) mass is 318 g/mol. The third-order valence-electron chi connectivity index (χ3n) is 3.97. The third kappa shape index (κ3) is 5.09. The van der Waals surface area contributed by atoms with E-state index < -0.39 is 5.97 Å². The zero-order valence-electron chi connectivity index (χ0n) is 13.3. The van der Waals surface area contributed by atoms with Crippen LogP contribution < -0.4 is 10.6 Å². The number of hydrogen-bond donors (Lipinski definition) is 2. The second-order valence-electron chi connectivity index (χ2n) is 5.67. The lowest BCUT2D eigenvalue weighted by Gasteiger charge is -2.20. The van der Waals surface area contributed by atoms with Crippen molar-refractivity contribution in [3.8, 4) is 0 Å². The summed E-state index contributed by atoms with van der Waals surface area (Å²) in [4.78, 5) is 35.3. The van der Waals surface area contributed by atoms with Gasteiger partial charge in [0.25, 0.3) is 0 Å². The van der Waals surface area contributed by atoms with E-state index in [4.69, 9.17) is 0 Å². The maximum Gasteiger partial charge on any atom is 0.337 e. The van der Waals surface area contributed by atoms with Crippen molar-refractivity contribution in [3.05, 3.63) is 29.8 Å². The Morgan fingerprint density at radius 2 is 1.91 bits per heavy atom. The van der Waals surface area contributed by atoms with Gasteiger partial charge in [0.2, 0.25) is 11.8 Å². The van der Waals surface area contributed by atoms with Crippen LogP contribution in [0.4, 0.5) is 5.69 Å². The van der Waals surface area contributed by atoms with Crippen molar-refractivity contribution in [2.75, 3.05) is 19.0 Å². The summed E-state index contributed by atoms with van der Waals surface area (Å²) in [6, 6.07) is 6.47. The quantitative estimate of drug-likeness (QED) is 0.814. The number of esters is 1. The molecule has 1 fully saturated rings. The van der Waals surface area contributed by atoms with Crippen LogP contribution in [0, 0.1) is 5.92 Å². The molecule has 2 N–H and O–H groups in total. The van der Waals surface area contributed by atoms with Crippen LogP contribution in [0.5, 0.6) is 0 Å². The molecule has 6 heteroatoms. The Morgan fingerprint density at radius 3 is 2.61 bits per heavy atom. The summed E-state index contributed by atoms with van der Waals surface area (Å²) in [6.07, 6.45) is 5.12. The Balaban J connectivity index is 1.82. The maximum atomic E-state index is 12.0. The van der Waals surface area contributed by atoms with E-state index in [1.54, 1.807) is 18.2 Å². The molecule has 0 aromatic heterocycles. The molecule has 2 amide bonds. The SMILES string of the molecule is COC(=O)c1cccc(NC(=O)CNC(=O)C2CCCCC2)c1. The van der Waals surface area contributed by atoms with Crippen LogP contribution >= 0.6 is 0 Å². The summed E-state index contributed by atoms with van der Waals surface area (Å²) < 4.78 is 4.63. The van der Waals surface area contributed by atoms with Crippen LogP contribution in [0.15, 0.2) is 24.3 Å². The van der Waals surface area contributed by atoms with Crippen molar-refractivity contribution in [1.82, 2.24) is 5.32 Å². The summed E-state index contributed by atoms with van der Waals surface area (Å²) in [5.74, 6) is -0.815. The molecular weight excluding hydrogens is 296 g/mol. The maximum absolute atomic E-state index is 12.0. The minimum Gasteiger partial charge on any atom is -0.465 e. The molecule has 1 aromatic rings. The Morgan fingerprint density at radius 1 is 1.17 bits per heavy atom. The molecule has 2 rings (SSSR count). The van der Waals surface area contributed by atoms with Gasteiger partial charge in [0.1, 0.15) is 0 Å². The molecule has 0 bridgehead atoms. The van der Waals surface area contributed by atoms with E-state index in [9.17, 15) is 14.4 Å². The lowest BCUT2D eigenvalue weighted by atomic mass is 9.89. The Labute approximate surface area is 135 Å². The number of carbonyl (C=O) groups excluding carboxylic acids is 3. The first-order valence-electron chi connectivity index (χ1n) is 7.86. The third-order valence-corrected chi connectivity index (χ3v) is 3.97. The molecule has 124 valence electrons. The van der Waals surface area contributed by atoms with Crippen LogP contribution in [-0.4, -0.2) is 31.4 Å². The van der Waals surface area contributed by atoms with Crippen molar-refractivity contribution < 1.29 is 19.1 Å². The predicted molar refractivity (Wildman–Crippen MR) is 86.0 cm³/mol. The molecule has 0 spiro atoms. The van der Waals surface area contributed by atoms with Crippen LogP contribution in [0.3, 0.4) is 0 Å². The van der Waals surface area contributed by atoms with Crippen molar-refractivity contribution in [3.63, 3.8) is 0 Å². The standard InChI is InChI=1S/C17H22N2O4/c1-23-17(22)13-8-5-9-14(10-13)19-15(20)11-18-16(21)12-6-3-2-4-7-12/h5,8-10,12H,2-4,6-7,11H2,1H3,(H,18,21)(H,19,20). The number of hydrogen-bond acceptors (Lipinski definition) is 4. The highest BCUT2D eigenvalue weighted by atomic mass is 16.5. The molecule has 0 radical (unpaired) electrons. The predicted octanol–water partition coefficient (Wildman–Crippen LogP) is 2.11. The highest BCUT2D eigenvalue weighted by molar-refractivity contribution is 5.96. The average Bonchev–Trinajstić information content (AvgIpc) is 2.60. The van der Waals surface area contributed by atoms with E-state index in [2.05, 4.69) is 15.4 Å². The molecule has 0 aliphatic heterocycles. The lowest BCUT2D eigenvalue weighted by Crippen LogP contribution is -2.37. The van der Waals surface area contributed by atoms with E-state index in [1.807, 2.05) is 0 Å². The van der Waals surface area contributed by atoms with Crippen molar-refractivity contribution in [1.29, 1.82) is 0 Å². The van der Waals surface area contributed by atoms with Gasteiger partial charge in [-0.1, -0.05) is 25.3 Å². The summed E-state index contributed by atoms with van der Waals surface area (Å²) in [5.41, 5.74) is 0.848. The van der Waals surface area contributed by atoms with Gasteiger partial charge in [-0.05, 0) is 31.0 Å². The molecule has 1 aromatic carbocycles. The number of rotatable bonds is 5. The van der Waals surface area contributed by atoms with E-state index in [0.717, 1.165) is 25.7 Å². The number of carbonyl (C=O) groups is 3. The largest absolute Gasteiger partial charge is 0.465 e. The molecule has 1 saturated carbocycles. The minimum absolute atomic E-state index is 0.0270. The number of anilines is 1. The summed E-state index contributed by atoms with van der Waals surface area (Å²) in [7, 11) is 1.30. The normalized spacial score (nSPS) is 14.8. The number of methoxy groups -OCH3 is 1. The van der Waals surface area contributed by atoms with Crippen LogP contribution in [0.25, 0.3) is 0 Å². The molecule has 6 nitrogen and oxygen atoms in total. The molecule has 1 aliphatic rings. The second-order valence-corrected chi connectivity index (χ2v) is 5.67. The Hall–Kier alpha value is -2.37. The first-order valence-corrected chi connectivity index (χ1v) is 7.86. The first kappa shape index (κ1) is 17.0. The molecule has 0 atom stereocenters.